The van der Waals surface area contributed by atoms with Crippen molar-refractivity contribution in [2.75, 3.05) is 45.9 Å². The lowest BCUT2D eigenvalue weighted by atomic mass is 10.1. The molecule has 0 amide bonds. The van der Waals surface area contributed by atoms with E-state index in [0.29, 0.717) is 26.4 Å². The van der Waals surface area contributed by atoms with Crippen LogP contribution in [0.3, 0.4) is 0 Å². The Kier molecular flexibility index (Phi) is 19.5. The van der Waals surface area contributed by atoms with Crippen LogP contribution in [-0.4, -0.2) is 45.9 Å². The molecule has 0 rings (SSSR count). The van der Waals surface area contributed by atoms with Crippen LogP contribution in [0.25, 0.3) is 0 Å². The van der Waals surface area contributed by atoms with Crippen LogP contribution < -0.4 is 0 Å². The van der Waals surface area contributed by atoms with Crippen LogP contribution in [0.1, 0.15) is 57.8 Å². The van der Waals surface area contributed by atoms with Crippen molar-refractivity contribution in [1.82, 2.24) is 0 Å². The van der Waals surface area contributed by atoms with Crippen molar-refractivity contribution in [1.29, 1.82) is 0 Å². The quantitative estimate of drug-likeness (QED) is 0.324. The molecule has 20 heavy (non-hydrogen) atoms. The molecule has 0 aromatic heterocycles. The van der Waals surface area contributed by atoms with Crippen LogP contribution in [0.2, 0.25) is 0 Å². The van der Waals surface area contributed by atoms with Crippen molar-refractivity contribution < 1.29 is 14.2 Å². The van der Waals surface area contributed by atoms with Crippen molar-refractivity contribution in [2.24, 2.45) is 0 Å². The SMILES string of the molecule is COCCOCCOCCCCCCCCCCCS. The molecule has 0 aromatic rings. The van der Waals surface area contributed by atoms with Gasteiger partial charge in [-0.2, -0.15) is 12.6 Å². The predicted octanol–water partition coefficient (Wildman–Crippen LogP) is 4.11. The normalized spacial score (nSPS) is 11.1. The number of ether oxygens (including phenoxy) is 3. The van der Waals surface area contributed by atoms with Crippen molar-refractivity contribution in [2.45, 2.75) is 57.8 Å². The van der Waals surface area contributed by atoms with Gasteiger partial charge in [-0.05, 0) is 18.6 Å². The number of hydrogen-bond acceptors (Lipinski definition) is 4. The molecule has 122 valence electrons. The number of thiol groups is 1. The maximum atomic E-state index is 5.51. The van der Waals surface area contributed by atoms with E-state index < -0.39 is 0 Å². The van der Waals surface area contributed by atoms with Crippen molar-refractivity contribution >= 4 is 12.6 Å². The molecule has 0 aromatic carbocycles. The Morgan fingerprint density at radius 3 is 1.55 bits per heavy atom. The second-order valence-electron chi connectivity index (χ2n) is 5.12. The summed E-state index contributed by atoms with van der Waals surface area (Å²) in [5, 5.41) is 0. The summed E-state index contributed by atoms with van der Waals surface area (Å²) in [4.78, 5) is 0. The smallest absolute Gasteiger partial charge is 0.0701 e. The Balaban J connectivity index is 2.89. The van der Waals surface area contributed by atoms with Gasteiger partial charge in [-0.15, -0.1) is 0 Å². The number of methoxy groups -OCH3 is 1. The molecule has 0 radical (unpaired) electrons. The summed E-state index contributed by atoms with van der Waals surface area (Å²) in [7, 11) is 1.68. The van der Waals surface area contributed by atoms with Gasteiger partial charge in [-0.3, -0.25) is 0 Å². The highest BCUT2D eigenvalue weighted by Gasteiger charge is 1.94. The van der Waals surface area contributed by atoms with Crippen LogP contribution in [0.4, 0.5) is 0 Å². The van der Waals surface area contributed by atoms with E-state index in [2.05, 4.69) is 12.6 Å². The maximum absolute atomic E-state index is 5.51. The Bertz CT molecular complexity index is 150. The molecule has 3 nitrogen and oxygen atoms in total. The Hall–Kier alpha value is 0.230. The second kappa shape index (κ2) is 19.2. The highest BCUT2D eigenvalue weighted by atomic mass is 32.1. The molecule has 0 saturated carbocycles. The summed E-state index contributed by atoms with van der Waals surface area (Å²) in [5.74, 6) is 1.04. The molecule has 0 aliphatic heterocycles. The van der Waals surface area contributed by atoms with Gasteiger partial charge in [0.2, 0.25) is 0 Å². The molecule has 0 fully saturated rings. The first-order chi connectivity index (χ1) is 9.91. The van der Waals surface area contributed by atoms with Gasteiger partial charge in [0.25, 0.3) is 0 Å². The van der Waals surface area contributed by atoms with Gasteiger partial charge in [-0.1, -0.05) is 44.9 Å². The van der Waals surface area contributed by atoms with E-state index in [0.717, 1.165) is 12.4 Å². The van der Waals surface area contributed by atoms with Crippen LogP contribution in [0.15, 0.2) is 0 Å². The first-order valence-electron chi connectivity index (χ1n) is 8.17. The fraction of sp³-hybridized carbons (Fsp3) is 1.00. The largest absolute Gasteiger partial charge is 0.382 e. The molecule has 0 unspecified atom stereocenters. The highest BCUT2D eigenvalue weighted by molar-refractivity contribution is 7.80. The average Bonchev–Trinajstić information content (AvgIpc) is 2.47. The summed E-state index contributed by atoms with van der Waals surface area (Å²) in [6.45, 7) is 3.57. The molecule has 0 heterocycles. The van der Waals surface area contributed by atoms with E-state index in [1.165, 1.54) is 57.8 Å². The third-order valence-electron chi connectivity index (χ3n) is 3.25. The molecular weight excluding hydrogens is 272 g/mol. The first kappa shape index (κ1) is 20.2. The zero-order valence-electron chi connectivity index (χ0n) is 13.3. The zero-order valence-corrected chi connectivity index (χ0v) is 14.2. The second-order valence-corrected chi connectivity index (χ2v) is 5.57. The molecule has 0 spiro atoms. The van der Waals surface area contributed by atoms with Crippen LogP contribution >= 0.6 is 12.6 Å². The summed E-state index contributed by atoms with van der Waals surface area (Å²) < 4.78 is 15.7. The fourth-order valence-corrected chi connectivity index (χ4v) is 2.24. The molecule has 0 aliphatic carbocycles. The van der Waals surface area contributed by atoms with Crippen molar-refractivity contribution in [3.05, 3.63) is 0 Å². The summed E-state index contributed by atoms with van der Waals surface area (Å²) in [6.07, 6.45) is 12.0. The first-order valence-corrected chi connectivity index (χ1v) is 8.80. The van der Waals surface area contributed by atoms with Gasteiger partial charge in [0.05, 0.1) is 26.4 Å². The van der Waals surface area contributed by atoms with Gasteiger partial charge in [0, 0.05) is 13.7 Å². The summed E-state index contributed by atoms with van der Waals surface area (Å²) in [6, 6.07) is 0. The molecule has 0 aliphatic rings. The monoisotopic (exact) mass is 306 g/mol. The van der Waals surface area contributed by atoms with Gasteiger partial charge >= 0.3 is 0 Å². The van der Waals surface area contributed by atoms with Crippen molar-refractivity contribution in [3.8, 4) is 0 Å². The van der Waals surface area contributed by atoms with Crippen LogP contribution in [0, 0.1) is 0 Å². The van der Waals surface area contributed by atoms with Crippen molar-refractivity contribution in [3.63, 3.8) is 0 Å². The van der Waals surface area contributed by atoms with E-state index in [4.69, 9.17) is 14.2 Å². The number of unbranched alkanes of at least 4 members (excludes halogenated alkanes) is 8. The van der Waals surface area contributed by atoms with E-state index >= 15 is 0 Å². The molecule has 0 saturated heterocycles. The summed E-state index contributed by atoms with van der Waals surface area (Å²) >= 11 is 4.22. The Labute approximate surface area is 131 Å². The minimum Gasteiger partial charge on any atom is -0.382 e. The minimum absolute atomic E-state index is 0.661. The molecule has 0 bridgehead atoms. The number of hydrogen-bond donors (Lipinski definition) is 1. The number of rotatable bonds is 17. The van der Waals surface area contributed by atoms with Gasteiger partial charge in [0.15, 0.2) is 0 Å². The third-order valence-corrected chi connectivity index (χ3v) is 3.57. The van der Waals surface area contributed by atoms with E-state index in [-0.39, 0.29) is 0 Å². The lowest BCUT2D eigenvalue weighted by Gasteiger charge is -2.05. The Morgan fingerprint density at radius 2 is 1.00 bits per heavy atom. The standard InChI is InChI=1S/C16H34O3S/c1-17-12-13-19-15-14-18-11-9-7-5-3-2-4-6-8-10-16-20/h20H,2-16H2,1H3. The summed E-state index contributed by atoms with van der Waals surface area (Å²) in [5.41, 5.74) is 0. The molecule has 0 atom stereocenters. The lowest BCUT2D eigenvalue weighted by molar-refractivity contribution is 0.0239. The molecular formula is C16H34O3S. The van der Waals surface area contributed by atoms with Gasteiger partial charge < -0.3 is 14.2 Å². The zero-order chi connectivity index (χ0) is 14.7. The van der Waals surface area contributed by atoms with E-state index in [9.17, 15) is 0 Å². The maximum Gasteiger partial charge on any atom is 0.0701 e. The van der Waals surface area contributed by atoms with E-state index in [1.807, 2.05) is 0 Å². The topological polar surface area (TPSA) is 27.7 Å². The van der Waals surface area contributed by atoms with Gasteiger partial charge in [-0.25, -0.2) is 0 Å². The van der Waals surface area contributed by atoms with Crippen LogP contribution in [-0.2, 0) is 14.2 Å². The lowest BCUT2D eigenvalue weighted by Crippen LogP contribution is -2.08. The third kappa shape index (κ3) is 18.2. The minimum atomic E-state index is 0.661. The highest BCUT2D eigenvalue weighted by Crippen LogP contribution is 2.09. The predicted molar refractivity (Wildman–Crippen MR) is 88.9 cm³/mol. The average molecular weight is 307 g/mol. The van der Waals surface area contributed by atoms with E-state index in [1.54, 1.807) is 7.11 Å². The fourth-order valence-electron chi connectivity index (χ4n) is 2.02. The molecule has 4 heteroatoms. The molecule has 0 N–H and O–H groups in total. The van der Waals surface area contributed by atoms with Crippen LogP contribution in [0.5, 0.6) is 0 Å². The Morgan fingerprint density at radius 1 is 0.550 bits per heavy atom. The van der Waals surface area contributed by atoms with Gasteiger partial charge in [0.1, 0.15) is 0 Å².